The van der Waals surface area contributed by atoms with E-state index in [2.05, 4.69) is 25.8 Å². The van der Waals surface area contributed by atoms with Gasteiger partial charge in [0.25, 0.3) is 5.91 Å². The van der Waals surface area contributed by atoms with Crippen LogP contribution in [0.2, 0.25) is 0 Å². The van der Waals surface area contributed by atoms with Gasteiger partial charge < -0.3 is 19.4 Å². The largest absolute Gasteiger partial charge is 0.497 e. The Hall–Kier alpha value is -3.32. The lowest BCUT2D eigenvalue weighted by atomic mass is 10.2. The van der Waals surface area contributed by atoms with Crippen molar-refractivity contribution in [1.29, 1.82) is 0 Å². The fraction of sp³-hybridized carbons (Fsp3) is 0.200. The molecule has 32 heavy (non-hydrogen) atoms. The Kier molecular flexibility index (Phi) is 6.75. The molecule has 0 radical (unpaired) electrons. The van der Waals surface area contributed by atoms with Gasteiger partial charge in [0.2, 0.25) is 0 Å². The van der Waals surface area contributed by atoms with E-state index in [0.717, 1.165) is 32.8 Å². The van der Waals surface area contributed by atoms with Crippen LogP contribution in [0.4, 0.5) is 0 Å². The average Bonchev–Trinajstić information content (AvgIpc) is 3.18. The molecule has 1 atom stereocenters. The van der Waals surface area contributed by atoms with Gasteiger partial charge in [-0.3, -0.25) is 4.79 Å². The van der Waals surface area contributed by atoms with Gasteiger partial charge in [-0.2, -0.15) is 0 Å². The van der Waals surface area contributed by atoms with Crippen molar-refractivity contribution in [3.8, 4) is 11.5 Å². The Morgan fingerprint density at radius 2 is 1.81 bits per heavy atom. The van der Waals surface area contributed by atoms with Crippen molar-refractivity contribution >= 4 is 32.9 Å². The van der Waals surface area contributed by atoms with Crippen molar-refractivity contribution in [1.82, 2.24) is 14.9 Å². The van der Waals surface area contributed by atoms with E-state index in [9.17, 15) is 4.79 Å². The lowest BCUT2D eigenvalue weighted by molar-refractivity contribution is 0.0937. The number of para-hydroxylation sites is 2. The summed E-state index contributed by atoms with van der Waals surface area (Å²) >= 11 is 3.41. The molecule has 1 heterocycles. The minimum atomic E-state index is -0.283. The topological polar surface area (TPSA) is 65.4 Å². The fourth-order valence-electron chi connectivity index (χ4n) is 3.56. The van der Waals surface area contributed by atoms with Crippen LogP contribution < -0.4 is 14.8 Å². The lowest BCUT2D eigenvalue weighted by Crippen LogP contribution is -2.29. The molecule has 0 bridgehead atoms. The van der Waals surface area contributed by atoms with Crippen LogP contribution in [-0.4, -0.2) is 29.2 Å². The van der Waals surface area contributed by atoms with E-state index in [1.165, 1.54) is 0 Å². The van der Waals surface area contributed by atoms with Crippen molar-refractivity contribution in [3.05, 3.63) is 88.7 Å². The molecule has 0 saturated heterocycles. The van der Waals surface area contributed by atoms with Crippen molar-refractivity contribution in [2.75, 3.05) is 13.7 Å². The maximum Gasteiger partial charge on any atom is 0.251 e. The number of hydrogen-bond acceptors (Lipinski definition) is 4. The quantitative estimate of drug-likeness (QED) is 0.358. The van der Waals surface area contributed by atoms with Gasteiger partial charge in [0.05, 0.1) is 30.7 Å². The lowest BCUT2D eigenvalue weighted by Gasteiger charge is -2.17. The molecule has 4 rings (SSSR count). The number of benzene rings is 3. The standard InChI is InChI=1S/C25H24BrN3O3/c1-17(27-25(30)18-6-5-7-19(26)16-18)24-28-22-8-3-4-9-23(22)29(24)14-15-32-21-12-10-20(31-2)11-13-21/h3-13,16-17H,14-15H2,1-2H3,(H,27,30). The number of hydrogen-bond donors (Lipinski definition) is 1. The van der Waals surface area contributed by atoms with E-state index >= 15 is 0 Å². The van der Waals surface area contributed by atoms with Crippen molar-refractivity contribution in [3.63, 3.8) is 0 Å². The highest BCUT2D eigenvalue weighted by Crippen LogP contribution is 2.22. The Morgan fingerprint density at radius 1 is 1.06 bits per heavy atom. The molecule has 1 amide bonds. The Labute approximate surface area is 195 Å². The summed E-state index contributed by atoms with van der Waals surface area (Å²) in [4.78, 5) is 17.5. The maximum atomic E-state index is 12.8. The molecule has 0 saturated carbocycles. The van der Waals surface area contributed by atoms with E-state index < -0.39 is 0 Å². The zero-order valence-corrected chi connectivity index (χ0v) is 19.5. The first-order chi connectivity index (χ1) is 15.5. The number of methoxy groups -OCH3 is 1. The predicted molar refractivity (Wildman–Crippen MR) is 128 cm³/mol. The first kappa shape index (κ1) is 21.9. The van der Waals surface area contributed by atoms with Crippen molar-refractivity contribution in [2.24, 2.45) is 0 Å². The minimum absolute atomic E-state index is 0.146. The van der Waals surface area contributed by atoms with E-state index in [1.54, 1.807) is 19.2 Å². The minimum Gasteiger partial charge on any atom is -0.497 e. The van der Waals surface area contributed by atoms with Crippen molar-refractivity contribution < 1.29 is 14.3 Å². The monoisotopic (exact) mass is 493 g/mol. The van der Waals surface area contributed by atoms with Crippen LogP contribution in [0, 0.1) is 0 Å². The normalized spacial score (nSPS) is 11.8. The van der Waals surface area contributed by atoms with Crippen LogP contribution >= 0.6 is 15.9 Å². The zero-order chi connectivity index (χ0) is 22.5. The molecular formula is C25H24BrN3O3. The van der Waals surface area contributed by atoms with Gasteiger partial charge in [-0.05, 0) is 61.5 Å². The van der Waals surface area contributed by atoms with Crippen LogP contribution in [-0.2, 0) is 6.54 Å². The van der Waals surface area contributed by atoms with Gasteiger partial charge in [-0.1, -0.05) is 34.1 Å². The van der Waals surface area contributed by atoms with E-state index in [0.29, 0.717) is 18.7 Å². The van der Waals surface area contributed by atoms with Gasteiger partial charge >= 0.3 is 0 Å². The van der Waals surface area contributed by atoms with Crippen LogP contribution in [0.15, 0.2) is 77.3 Å². The number of aromatic nitrogens is 2. The summed E-state index contributed by atoms with van der Waals surface area (Å²) < 4.78 is 14.1. The van der Waals surface area contributed by atoms with Gasteiger partial charge in [0, 0.05) is 10.0 Å². The van der Waals surface area contributed by atoms with Crippen molar-refractivity contribution in [2.45, 2.75) is 19.5 Å². The molecule has 0 fully saturated rings. The predicted octanol–water partition coefficient (Wildman–Crippen LogP) is 5.38. The molecule has 6 nitrogen and oxygen atoms in total. The van der Waals surface area contributed by atoms with E-state index in [4.69, 9.17) is 14.5 Å². The van der Waals surface area contributed by atoms with Crippen LogP contribution in [0.1, 0.15) is 29.1 Å². The highest BCUT2D eigenvalue weighted by Gasteiger charge is 2.19. The number of nitrogens with one attached hydrogen (secondary N) is 1. The number of halogens is 1. The SMILES string of the molecule is COc1ccc(OCCn2c(C(C)NC(=O)c3cccc(Br)c3)nc3ccccc32)cc1. The number of carbonyl (C=O) groups is 1. The second-order valence-electron chi connectivity index (χ2n) is 7.34. The Bertz CT molecular complexity index is 1220. The van der Waals surface area contributed by atoms with Crippen LogP contribution in [0.25, 0.3) is 11.0 Å². The summed E-state index contributed by atoms with van der Waals surface area (Å²) in [5, 5.41) is 3.06. The number of ether oxygens (including phenoxy) is 2. The fourth-order valence-corrected chi connectivity index (χ4v) is 3.96. The van der Waals surface area contributed by atoms with Crippen LogP contribution in [0.5, 0.6) is 11.5 Å². The number of fused-ring (bicyclic) bond motifs is 1. The molecule has 0 aliphatic heterocycles. The molecule has 3 aromatic carbocycles. The average molecular weight is 494 g/mol. The summed E-state index contributed by atoms with van der Waals surface area (Å²) in [5.41, 5.74) is 2.48. The number of carbonyl (C=O) groups excluding carboxylic acids is 1. The number of nitrogens with zero attached hydrogens (tertiary/aromatic N) is 2. The number of amides is 1. The van der Waals surface area contributed by atoms with Crippen LogP contribution in [0.3, 0.4) is 0 Å². The van der Waals surface area contributed by atoms with Gasteiger partial charge in [-0.25, -0.2) is 4.98 Å². The summed E-state index contributed by atoms with van der Waals surface area (Å²) in [5.74, 6) is 2.20. The number of rotatable bonds is 8. The molecule has 1 unspecified atom stereocenters. The summed E-state index contributed by atoms with van der Waals surface area (Å²) in [6.45, 7) is 3.00. The van der Waals surface area contributed by atoms with Gasteiger partial charge in [0.15, 0.2) is 0 Å². The summed E-state index contributed by atoms with van der Waals surface area (Å²) in [7, 11) is 1.64. The third-order valence-electron chi connectivity index (χ3n) is 5.15. The molecule has 0 spiro atoms. The molecule has 0 aliphatic rings. The molecule has 7 heteroatoms. The highest BCUT2D eigenvalue weighted by atomic mass is 79.9. The van der Waals surface area contributed by atoms with E-state index in [1.807, 2.05) is 67.6 Å². The Balaban J connectivity index is 1.52. The number of imidazole rings is 1. The van der Waals surface area contributed by atoms with Gasteiger partial charge in [-0.15, -0.1) is 0 Å². The summed E-state index contributed by atoms with van der Waals surface area (Å²) in [6, 6.07) is 22.5. The molecule has 0 aliphatic carbocycles. The zero-order valence-electron chi connectivity index (χ0n) is 17.9. The summed E-state index contributed by atoms with van der Waals surface area (Å²) in [6.07, 6.45) is 0. The second-order valence-corrected chi connectivity index (χ2v) is 8.26. The smallest absolute Gasteiger partial charge is 0.251 e. The molecule has 4 aromatic rings. The molecular weight excluding hydrogens is 470 g/mol. The third-order valence-corrected chi connectivity index (χ3v) is 5.64. The molecule has 164 valence electrons. The third kappa shape index (κ3) is 4.94. The van der Waals surface area contributed by atoms with E-state index in [-0.39, 0.29) is 11.9 Å². The first-order valence-corrected chi connectivity index (χ1v) is 11.1. The molecule has 1 aromatic heterocycles. The molecule has 1 N–H and O–H groups in total. The van der Waals surface area contributed by atoms with Gasteiger partial charge in [0.1, 0.15) is 23.9 Å². The Morgan fingerprint density at radius 3 is 2.56 bits per heavy atom. The maximum absolute atomic E-state index is 12.8. The highest BCUT2D eigenvalue weighted by molar-refractivity contribution is 9.10. The first-order valence-electron chi connectivity index (χ1n) is 10.3. The second kappa shape index (κ2) is 9.87.